The van der Waals surface area contributed by atoms with Crippen LogP contribution in [0.5, 0.6) is 0 Å². The van der Waals surface area contributed by atoms with E-state index in [1.54, 1.807) is 13.8 Å². The normalized spacial score (nSPS) is 10.8. The van der Waals surface area contributed by atoms with Gasteiger partial charge in [-0.15, -0.1) is 0 Å². The van der Waals surface area contributed by atoms with Crippen LogP contribution in [0, 0.1) is 0 Å². The van der Waals surface area contributed by atoms with Crippen molar-refractivity contribution in [2.75, 3.05) is 13.2 Å². The minimum Gasteiger partial charge on any atom is -0.465 e. The Morgan fingerprint density at radius 2 is 1.52 bits per heavy atom. The van der Waals surface area contributed by atoms with Gasteiger partial charge in [0.1, 0.15) is 19.3 Å². The Balaban J connectivity index is 3.27. The highest BCUT2D eigenvalue weighted by Gasteiger charge is 2.39. The first-order valence-corrected chi connectivity index (χ1v) is 8.91. The molecule has 0 bridgehead atoms. The maximum absolute atomic E-state index is 12.2. The highest BCUT2D eigenvalue weighted by Crippen LogP contribution is 2.31. The van der Waals surface area contributed by atoms with Crippen LogP contribution in [-0.4, -0.2) is 47.3 Å². The predicted octanol–water partition coefficient (Wildman–Crippen LogP) is 3.76. The number of rotatable bonds is 10. The molecule has 0 saturated heterocycles. The lowest BCUT2D eigenvalue weighted by Gasteiger charge is -2.41. The van der Waals surface area contributed by atoms with E-state index in [-0.39, 0.29) is 13.2 Å². The van der Waals surface area contributed by atoms with E-state index >= 15 is 0 Å². The van der Waals surface area contributed by atoms with Crippen molar-refractivity contribution in [2.24, 2.45) is 0 Å². The summed E-state index contributed by atoms with van der Waals surface area (Å²) in [4.78, 5) is 36.2. The molecule has 0 radical (unpaired) electrons. The summed E-state index contributed by atoms with van der Waals surface area (Å²) in [5, 5.41) is 9.92. The molecule has 0 heterocycles. The van der Waals surface area contributed by atoms with Gasteiger partial charge in [-0.3, -0.25) is 4.90 Å². The zero-order valence-electron chi connectivity index (χ0n) is 17.0. The molecule has 0 spiro atoms. The van der Waals surface area contributed by atoms with Gasteiger partial charge in [-0.1, -0.05) is 49.6 Å². The molecule has 0 aliphatic carbocycles. The second kappa shape index (κ2) is 10.3. The van der Waals surface area contributed by atoms with Gasteiger partial charge in [0.25, 0.3) is 0 Å². The standard InChI is InChI=1S/C22H27NO6/c1-7-19(24)28-13-18(14-29-20(25)8-2)23(21(26)27)22(5,6)17-11-9-16(10-12-17)15(3)4/h7-12,18H,1-3,13-14H2,4-6H3,(H,26,27). The number of carbonyl (C=O) groups excluding carboxylic acids is 2. The number of ether oxygens (including phenoxy) is 2. The molecule has 7 nitrogen and oxygen atoms in total. The fourth-order valence-corrected chi connectivity index (χ4v) is 2.83. The summed E-state index contributed by atoms with van der Waals surface area (Å²) in [6.07, 6.45) is 0.687. The molecule has 1 rings (SSSR count). The van der Waals surface area contributed by atoms with Crippen molar-refractivity contribution in [3.8, 4) is 0 Å². The Bertz CT molecular complexity index is 770. The molecular weight excluding hydrogens is 374 g/mol. The first-order valence-electron chi connectivity index (χ1n) is 8.91. The molecule has 7 heteroatoms. The van der Waals surface area contributed by atoms with Gasteiger partial charge in [-0.05, 0) is 31.9 Å². The van der Waals surface area contributed by atoms with E-state index < -0.39 is 29.6 Å². The van der Waals surface area contributed by atoms with E-state index in [1.165, 1.54) is 0 Å². The van der Waals surface area contributed by atoms with Crippen molar-refractivity contribution >= 4 is 23.6 Å². The highest BCUT2D eigenvalue weighted by molar-refractivity contribution is 5.81. The average molecular weight is 401 g/mol. The van der Waals surface area contributed by atoms with Crippen molar-refractivity contribution in [3.05, 3.63) is 67.3 Å². The molecule has 1 N–H and O–H groups in total. The highest BCUT2D eigenvalue weighted by atomic mass is 16.5. The third-order valence-electron chi connectivity index (χ3n) is 4.43. The smallest absolute Gasteiger partial charge is 0.408 e. The van der Waals surface area contributed by atoms with Gasteiger partial charge in [0.05, 0.1) is 5.54 Å². The van der Waals surface area contributed by atoms with Gasteiger partial charge in [-0.2, -0.15) is 0 Å². The van der Waals surface area contributed by atoms with Crippen molar-refractivity contribution in [3.63, 3.8) is 0 Å². The molecule has 1 amide bonds. The maximum Gasteiger partial charge on any atom is 0.408 e. The largest absolute Gasteiger partial charge is 0.465 e. The fourth-order valence-electron chi connectivity index (χ4n) is 2.83. The number of benzene rings is 1. The first kappa shape index (κ1) is 23.7. The number of esters is 2. The molecular formula is C22H27NO6. The molecule has 1 aromatic rings. The van der Waals surface area contributed by atoms with E-state index in [9.17, 15) is 19.5 Å². The van der Waals surface area contributed by atoms with Crippen LogP contribution in [-0.2, 0) is 24.6 Å². The summed E-state index contributed by atoms with van der Waals surface area (Å²) in [6.45, 7) is 15.2. The van der Waals surface area contributed by atoms with Gasteiger partial charge in [0, 0.05) is 12.2 Å². The number of carbonyl (C=O) groups is 3. The molecule has 0 unspecified atom stereocenters. The molecule has 156 valence electrons. The Hall–Kier alpha value is -3.35. The lowest BCUT2D eigenvalue weighted by atomic mass is 9.90. The van der Waals surface area contributed by atoms with E-state index in [4.69, 9.17) is 9.47 Å². The van der Waals surface area contributed by atoms with E-state index in [1.807, 2.05) is 31.2 Å². The number of amides is 1. The number of allylic oxidation sites excluding steroid dienone is 1. The van der Waals surface area contributed by atoms with E-state index in [0.29, 0.717) is 5.56 Å². The van der Waals surface area contributed by atoms with Crippen LogP contribution in [0.2, 0.25) is 0 Å². The topological polar surface area (TPSA) is 93.1 Å². The van der Waals surface area contributed by atoms with E-state index in [0.717, 1.165) is 28.2 Å². The summed E-state index contributed by atoms with van der Waals surface area (Å²) >= 11 is 0. The predicted molar refractivity (Wildman–Crippen MR) is 110 cm³/mol. The second-order valence-electron chi connectivity index (χ2n) is 6.89. The van der Waals surface area contributed by atoms with Crippen LogP contribution < -0.4 is 0 Å². The summed E-state index contributed by atoms with van der Waals surface area (Å²) < 4.78 is 10.1. The van der Waals surface area contributed by atoms with Crippen molar-refractivity contribution in [1.29, 1.82) is 0 Å². The second-order valence-corrected chi connectivity index (χ2v) is 6.89. The maximum atomic E-state index is 12.2. The van der Waals surface area contributed by atoms with Crippen molar-refractivity contribution in [2.45, 2.75) is 32.4 Å². The van der Waals surface area contributed by atoms with Crippen LogP contribution in [0.25, 0.3) is 5.57 Å². The first-order chi connectivity index (χ1) is 13.5. The Labute approximate surface area is 170 Å². The minimum atomic E-state index is -1.26. The molecule has 0 aliphatic rings. The molecule has 29 heavy (non-hydrogen) atoms. The average Bonchev–Trinajstić information content (AvgIpc) is 2.68. The van der Waals surface area contributed by atoms with Gasteiger partial charge < -0.3 is 14.6 Å². The lowest BCUT2D eigenvalue weighted by Crippen LogP contribution is -2.54. The SMILES string of the molecule is C=CC(=O)OCC(COC(=O)C=C)N(C(=O)O)C(C)(C)c1ccc(C(=C)C)cc1. The quantitative estimate of drug-likeness (QED) is 0.474. The number of nitrogens with zero attached hydrogens (tertiary/aromatic N) is 1. The number of carboxylic acid groups (broad SMARTS) is 1. The molecule has 0 fully saturated rings. The third-order valence-corrected chi connectivity index (χ3v) is 4.43. The molecule has 1 aromatic carbocycles. The lowest BCUT2D eigenvalue weighted by molar-refractivity contribution is -0.145. The van der Waals surface area contributed by atoms with Crippen LogP contribution in [0.15, 0.2) is 56.2 Å². The summed E-state index contributed by atoms with van der Waals surface area (Å²) in [6, 6.07) is 6.37. The van der Waals surface area contributed by atoms with Crippen LogP contribution in [0.1, 0.15) is 31.9 Å². The third kappa shape index (κ3) is 6.34. The van der Waals surface area contributed by atoms with Gasteiger partial charge in [0.15, 0.2) is 0 Å². The Morgan fingerprint density at radius 1 is 1.07 bits per heavy atom. The summed E-state index contributed by atoms with van der Waals surface area (Å²) in [7, 11) is 0. The Morgan fingerprint density at radius 3 is 1.86 bits per heavy atom. The molecule has 0 aliphatic heterocycles. The van der Waals surface area contributed by atoms with Gasteiger partial charge in [-0.25, -0.2) is 14.4 Å². The number of hydrogen-bond acceptors (Lipinski definition) is 5. The summed E-state index contributed by atoms with van der Waals surface area (Å²) in [5.41, 5.74) is 1.50. The zero-order valence-corrected chi connectivity index (χ0v) is 17.0. The van der Waals surface area contributed by atoms with Crippen molar-refractivity contribution < 1.29 is 29.0 Å². The number of hydrogen-bond donors (Lipinski definition) is 1. The Kier molecular flexibility index (Phi) is 8.38. The zero-order chi connectivity index (χ0) is 22.2. The molecule has 0 saturated carbocycles. The van der Waals surface area contributed by atoms with Gasteiger partial charge >= 0.3 is 18.0 Å². The van der Waals surface area contributed by atoms with Crippen LogP contribution in [0.3, 0.4) is 0 Å². The van der Waals surface area contributed by atoms with E-state index in [2.05, 4.69) is 19.7 Å². The van der Waals surface area contributed by atoms with Crippen molar-refractivity contribution in [1.82, 2.24) is 4.90 Å². The molecule has 0 aromatic heterocycles. The monoisotopic (exact) mass is 401 g/mol. The van der Waals surface area contributed by atoms with Gasteiger partial charge in [0.2, 0.25) is 0 Å². The fraction of sp³-hybridized carbons (Fsp3) is 0.318. The summed E-state index contributed by atoms with van der Waals surface area (Å²) in [5.74, 6) is -1.42. The van der Waals surface area contributed by atoms with Crippen LogP contribution in [0.4, 0.5) is 4.79 Å². The van der Waals surface area contributed by atoms with Crippen LogP contribution >= 0.6 is 0 Å². The molecule has 0 atom stereocenters. The minimum absolute atomic E-state index is 0.311.